The Morgan fingerprint density at radius 3 is 2.57 bits per heavy atom. The number of H-pyrrole nitrogens is 2. The number of rotatable bonds is 2. The van der Waals surface area contributed by atoms with Crippen molar-refractivity contribution in [2.24, 2.45) is 0 Å². The van der Waals surface area contributed by atoms with Gasteiger partial charge in [0.15, 0.2) is 9.84 Å². The predicted molar refractivity (Wildman–Crippen MR) is 84.9 cm³/mol. The van der Waals surface area contributed by atoms with Crippen LogP contribution >= 0.6 is 0 Å². The number of aromatic amines is 2. The number of nitrogens with one attached hydrogen (secondary N) is 2. The van der Waals surface area contributed by atoms with Crippen LogP contribution in [-0.4, -0.2) is 48.0 Å². The standard InChI is InChI=1S/C15H17N3O4S/c19-14(12-10-16-15(20)17-12)18-7-6-13(23(21,22)9-8-18)11-4-2-1-3-5-11/h1-5,10,13H,6-9H2,(H2,16,17,20). The van der Waals surface area contributed by atoms with Crippen LogP contribution in [0.4, 0.5) is 0 Å². The van der Waals surface area contributed by atoms with Crippen LogP contribution in [0.1, 0.15) is 27.7 Å². The summed E-state index contributed by atoms with van der Waals surface area (Å²) < 4.78 is 25.0. The summed E-state index contributed by atoms with van der Waals surface area (Å²) in [6, 6.07) is 9.05. The number of nitrogens with zero attached hydrogens (tertiary/aromatic N) is 1. The smallest absolute Gasteiger partial charge is 0.323 e. The van der Waals surface area contributed by atoms with Crippen molar-refractivity contribution in [1.82, 2.24) is 14.9 Å². The zero-order valence-corrected chi connectivity index (χ0v) is 13.2. The van der Waals surface area contributed by atoms with Crippen molar-refractivity contribution in [2.75, 3.05) is 18.8 Å². The van der Waals surface area contributed by atoms with Gasteiger partial charge in [0.2, 0.25) is 0 Å². The Morgan fingerprint density at radius 1 is 1.17 bits per heavy atom. The van der Waals surface area contributed by atoms with E-state index >= 15 is 0 Å². The van der Waals surface area contributed by atoms with Crippen molar-refractivity contribution in [3.05, 3.63) is 58.3 Å². The Kier molecular flexibility index (Phi) is 4.08. The molecule has 1 unspecified atom stereocenters. The third kappa shape index (κ3) is 3.21. The Hall–Kier alpha value is -2.35. The largest absolute Gasteiger partial charge is 0.336 e. The van der Waals surface area contributed by atoms with Crippen molar-refractivity contribution >= 4 is 15.7 Å². The van der Waals surface area contributed by atoms with Gasteiger partial charge in [-0.25, -0.2) is 13.2 Å². The van der Waals surface area contributed by atoms with E-state index < -0.39 is 20.8 Å². The van der Waals surface area contributed by atoms with Gasteiger partial charge in [-0.1, -0.05) is 30.3 Å². The monoisotopic (exact) mass is 335 g/mol. The SMILES string of the molecule is O=C(c1c[nH]c(=O)[nH]1)N1CCC(c2ccccc2)S(=O)(=O)CC1. The summed E-state index contributed by atoms with van der Waals surface area (Å²) in [5.74, 6) is -0.459. The Bertz CT molecular complexity index is 854. The maximum Gasteiger partial charge on any atom is 0.323 e. The van der Waals surface area contributed by atoms with Gasteiger partial charge in [-0.3, -0.25) is 4.79 Å². The second-order valence-corrected chi connectivity index (χ2v) is 7.81. The minimum absolute atomic E-state index is 0.0903. The molecule has 23 heavy (non-hydrogen) atoms. The van der Waals surface area contributed by atoms with E-state index in [0.29, 0.717) is 13.0 Å². The molecular formula is C15H17N3O4S. The van der Waals surface area contributed by atoms with Gasteiger partial charge in [0, 0.05) is 19.3 Å². The highest BCUT2D eigenvalue weighted by atomic mass is 32.2. The lowest BCUT2D eigenvalue weighted by Crippen LogP contribution is -2.34. The van der Waals surface area contributed by atoms with Gasteiger partial charge in [0.1, 0.15) is 5.69 Å². The Labute approximate surface area is 133 Å². The molecule has 1 saturated heterocycles. The Balaban J connectivity index is 1.83. The first-order valence-electron chi connectivity index (χ1n) is 7.31. The van der Waals surface area contributed by atoms with E-state index in [0.717, 1.165) is 5.56 Å². The van der Waals surface area contributed by atoms with Crippen molar-refractivity contribution in [3.8, 4) is 0 Å². The normalized spacial score (nSPS) is 20.9. The molecule has 2 heterocycles. The van der Waals surface area contributed by atoms with E-state index in [-0.39, 0.29) is 23.9 Å². The molecule has 8 heteroatoms. The third-order valence-electron chi connectivity index (χ3n) is 4.03. The lowest BCUT2D eigenvalue weighted by molar-refractivity contribution is 0.0761. The highest BCUT2D eigenvalue weighted by molar-refractivity contribution is 7.91. The number of imidazole rings is 1. The molecular weight excluding hydrogens is 318 g/mol. The summed E-state index contributed by atoms with van der Waals surface area (Å²) in [7, 11) is -3.33. The molecule has 2 N–H and O–H groups in total. The van der Waals surface area contributed by atoms with Crippen LogP contribution in [-0.2, 0) is 9.84 Å². The average Bonchev–Trinajstić information content (AvgIpc) is 2.90. The number of hydrogen-bond donors (Lipinski definition) is 2. The number of hydrogen-bond acceptors (Lipinski definition) is 4. The molecule has 2 aromatic rings. The molecule has 0 spiro atoms. The second-order valence-electron chi connectivity index (χ2n) is 5.50. The minimum atomic E-state index is -3.33. The summed E-state index contributed by atoms with van der Waals surface area (Å²) in [5.41, 5.74) is 0.431. The molecule has 7 nitrogen and oxygen atoms in total. The van der Waals surface area contributed by atoms with Crippen LogP contribution in [0.15, 0.2) is 41.3 Å². The third-order valence-corrected chi connectivity index (χ3v) is 6.15. The van der Waals surface area contributed by atoms with E-state index in [1.54, 1.807) is 12.1 Å². The molecule has 122 valence electrons. The van der Waals surface area contributed by atoms with Gasteiger partial charge in [0.05, 0.1) is 11.0 Å². The van der Waals surface area contributed by atoms with Crippen molar-refractivity contribution < 1.29 is 13.2 Å². The molecule has 3 rings (SSSR count). The number of carbonyl (C=O) groups is 1. The molecule has 1 aliphatic rings. The van der Waals surface area contributed by atoms with Gasteiger partial charge in [0.25, 0.3) is 5.91 Å². The van der Waals surface area contributed by atoms with Crippen LogP contribution in [0, 0.1) is 0 Å². The molecule has 1 atom stereocenters. The average molecular weight is 335 g/mol. The first-order chi connectivity index (χ1) is 11.0. The summed E-state index contributed by atoms with van der Waals surface area (Å²) in [6.07, 6.45) is 1.64. The predicted octanol–water partition coefficient (Wildman–Crippen LogP) is 0.705. The van der Waals surface area contributed by atoms with Gasteiger partial charge in [-0.05, 0) is 12.0 Å². The molecule has 1 aliphatic heterocycles. The van der Waals surface area contributed by atoms with Crippen LogP contribution in [0.5, 0.6) is 0 Å². The zero-order chi connectivity index (χ0) is 16.4. The first kappa shape index (κ1) is 15.5. The fraction of sp³-hybridized carbons (Fsp3) is 0.333. The molecule has 0 saturated carbocycles. The Morgan fingerprint density at radius 2 is 1.91 bits per heavy atom. The van der Waals surface area contributed by atoms with Gasteiger partial charge in [-0.15, -0.1) is 0 Å². The van der Waals surface area contributed by atoms with Crippen LogP contribution in [0.2, 0.25) is 0 Å². The summed E-state index contributed by atoms with van der Waals surface area (Å²) in [4.78, 5) is 29.7. The number of carbonyl (C=O) groups excluding carboxylic acids is 1. The number of aromatic nitrogens is 2. The van der Waals surface area contributed by atoms with Crippen LogP contribution < -0.4 is 5.69 Å². The minimum Gasteiger partial charge on any atom is -0.336 e. The van der Waals surface area contributed by atoms with E-state index in [4.69, 9.17) is 0 Å². The fourth-order valence-corrected chi connectivity index (χ4v) is 4.60. The van der Waals surface area contributed by atoms with E-state index in [9.17, 15) is 18.0 Å². The lowest BCUT2D eigenvalue weighted by Gasteiger charge is -2.19. The number of amides is 1. The molecule has 1 amide bonds. The van der Waals surface area contributed by atoms with Crippen molar-refractivity contribution in [1.29, 1.82) is 0 Å². The molecule has 1 aromatic carbocycles. The summed E-state index contributed by atoms with van der Waals surface area (Å²) >= 11 is 0. The highest BCUT2D eigenvalue weighted by Gasteiger charge is 2.33. The van der Waals surface area contributed by atoms with E-state index in [1.165, 1.54) is 11.1 Å². The molecule has 0 bridgehead atoms. The fourth-order valence-electron chi connectivity index (χ4n) is 2.81. The van der Waals surface area contributed by atoms with Gasteiger partial charge < -0.3 is 14.9 Å². The highest BCUT2D eigenvalue weighted by Crippen LogP contribution is 2.29. The van der Waals surface area contributed by atoms with Crippen molar-refractivity contribution in [3.63, 3.8) is 0 Å². The van der Waals surface area contributed by atoms with Gasteiger partial charge in [-0.2, -0.15) is 0 Å². The zero-order valence-electron chi connectivity index (χ0n) is 12.4. The summed E-state index contributed by atoms with van der Waals surface area (Å²) in [5, 5.41) is -0.605. The second kappa shape index (κ2) is 6.04. The van der Waals surface area contributed by atoms with Crippen molar-refractivity contribution in [2.45, 2.75) is 11.7 Å². The maximum atomic E-state index is 12.5. The van der Waals surface area contributed by atoms with Crippen LogP contribution in [0.3, 0.4) is 0 Å². The number of benzene rings is 1. The van der Waals surface area contributed by atoms with E-state index in [2.05, 4.69) is 9.97 Å². The molecule has 1 fully saturated rings. The van der Waals surface area contributed by atoms with E-state index in [1.807, 2.05) is 18.2 Å². The first-order valence-corrected chi connectivity index (χ1v) is 9.02. The van der Waals surface area contributed by atoms with Crippen LogP contribution in [0.25, 0.3) is 0 Å². The lowest BCUT2D eigenvalue weighted by atomic mass is 10.1. The maximum absolute atomic E-state index is 12.5. The number of sulfone groups is 1. The van der Waals surface area contributed by atoms with Gasteiger partial charge >= 0.3 is 5.69 Å². The molecule has 1 aromatic heterocycles. The molecule has 0 radical (unpaired) electrons. The topological polar surface area (TPSA) is 103 Å². The molecule has 0 aliphatic carbocycles. The quantitative estimate of drug-likeness (QED) is 0.843. The summed E-state index contributed by atoms with van der Waals surface area (Å²) in [6.45, 7) is 0.447.